The van der Waals surface area contributed by atoms with E-state index in [-0.39, 0.29) is 18.2 Å². The largest absolute Gasteiger partial charge is 0.469 e. The van der Waals surface area contributed by atoms with Gasteiger partial charge >= 0.3 is 5.97 Å². The van der Waals surface area contributed by atoms with Crippen LogP contribution < -0.4 is 0 Å². The van der Waals surface area contributed by atoms with E-state index in [1.54, 1.807) is 0 Å². The number of rotatable bonds is 13. The van der Waals surface area contributed by atoms with E-state index in [1.165, 1.54) is 26.4 Å². The third kappa shape index (κ3) is 9.51. The van der Waals surface area contributed by atoms with Crippen molar-refractivity contribution in [2.75, 3.05) is 7.11 Å². The third-order valence-electron chi connectivity index (χ3n) is 4.71. The van der Waals surface area contributed by atoms with E-state index in [0.29, 0.717) is 25.7 Å². The van der Waals surface area contributed by atoms with Gasteiger partial charge in [0.15, 0.2) is 0 Å². The zero-order valence-corrected chi connectivity index (χ0v) is 16.3. The van der Waals surface area contributed by atoms with Gasteiger partial charge in [0, 0.05) is 12.8 Å². The van der Waals surface area contributed by atoms with Crippen molar-refractivity contribution < 1.29 is 24.5 Å². The average molecular weight is 369 g/mol. The van der Waals surface area contributed by atoms with Crippen LogP contribution in [0, 0.1) is 0 Å². The molecule has 5 nitrogen and oxygen atoms in total. The summed E-state index contributed by atoms with van der Waals surface area (Å²) in [7, 11) is 1.39. The Balaban J connectivity index is 2.21. The molecule has 1 aliphatic rings. The van der Waals surface area contributed by atoms with Crippen molar-refractivity contribution >= 4 is 5.97 Å². The number of carbonyl (C=O) groups excluding carboxylic acids is 1. The van der Waals surface area contributed by atoms with Crippen LogP contribution in [-0.2, 0) is 14.3 Å². The molecule has 5 heteroatoms. The van der Waals surface area contributed by atoms with Gasteiger partial charge in [-0.3, -0.25) is 4.79 Å². The summed E-state index contributed by atoms with van der Waals surface area (Å²) in [4.78, 5) is 11.0. The third-order valence-corrected chi connectivity index (χ3v) is 4.71. The predicted molar refractivity (Wildman–Crippen MR) is 103 cm³/mol. The zero-order valence-electron chi connectivity index (χ0n) is 16.3. The van der Waals surface area contributed by atoms with Crippen LogP contribution in [0.25, 0.3) is 0 Å². The van der Waals surface area contributed by atoms with Gasteiger partial charge < -0.3 is 19.7 Å². The van der Waals surface area contributed by atoms with Crippen molar-refractivity contribution in [3.63, 3.8) is 0 Å². The molecule has 0 saturated carbocycles. The molecule has 2 N–H and O–H groups in total. The lowest BCUT2D eigenvalue weighted by molar-refractivity contribution is -0.140. The van der Waals surface area contributed by atoms with Crippen LogP contribution in [0.15, 0.2) is 24.3 Å². The molecule has 0 aromatic carbocycles. The fourth-order valence-electron chi connectivity index (χ4n) is 3.05. The minimum absolute atomic E-state index is 0.191. The van der Waals surface area contributed by atoms with E-state index >= 15 is 0 Å². The van der Waals surface area contributed by atoms with Gasteiger partial charge in [-0.05, 0) is 38.5 Å². The first-order valence-electron chi connectivity index (χ1n) is 9.96. The average Bonchev–Trinajstić information content (AvgIpc) is 3.01. The van der Waals surface area contributed by atoms with Gasteiger partial charge in [0.25, 0.3) is 0 Å². The minimum atomic E-state index is -0.568. The molecule has 26 heavy (non-hydrogen) atoms. The van der Waals surface area contributed by atoms with Gasteiger partial charge in [0.2, 0.25) is 0 Å². The second-order valence-electron chi connectivity index (χ2n) is 6.96. The maximum Gasteiger partial charge on any atom is 0.305 e. The molecule has 0 bridgehead atoms. The summed E-state index contributed by atoms with van der Waals surface area (Å²) >= 11 is 0. The molecule has 0 spiro atoms. The molecule has 1 saturated heterocycles. The summed E-state index contributed by atoms with van der Waals surface area (Å²) < 4.78 is 10.4. The van der Waals surface area contributed by atoms with E-state index in [9.17, 15) is 15.0 Å². The second-order valence-corrected chi connectivity index (χ2v) is 6.96. The van der Waals surface area contributed by atoms with Crippen molar-refractivity contribution in [2.45, 2.75) is 95.5 Å². The number of esters is 1. The molecule has 1 rings (SSSR count). The number of methoxy groups -OCH3 is 1. The van der Waals surface area contributed by atoms with E-state index in [1.807, 2.05) is 18.2 Å². The van der Waals surface area contributed by atoms with Crippen LogP contribution in [-0.4, -0.2) is 47.7 Å². The first kappa shape index (κ1) is 22.9. The first-order chi connectivity index (χ1) is 12.6. The lowest BCUT2D eigenvalue weighted by Gasteiger charge is -2.17. The van der Waals surface area contributed by atoms with E-state index in [4.69, 9.17) is 4.74 Å². The zero-order chi connectivity index (χ0) is 19.2. The monoisotopic (exact) mass is 368 g/mol. The highest BCUT2D eigenvalue weighted by molar-refractivity contribution is 5.69. The highest BCUT2D eigenvalue weighted by Gasteiger charge is 2.36. The molecule has 1 heterocycles. The topological polar surface area (TPSA) is 76.0 Å². The van der Waals surface area contributed by atoms with Crippen LogP contribution in [0.4, 0.5) is 0 Å². The summed E-state index contributed by atoms with van der Waals surface area (Å²) in [6, 6.07) is 0. The Labute approximate surface area is 158 Å². The number of carbonyl (C=O) groups is 1. The van der Waals surface area contributed by atoms with Crippen LogP contribution in [0.3, 0.4) is 0 Å². The summed E-state index contributed by atoms with van der Waals surface area (Å²) in [5, 5.41) is 20.4. The summed E-state index contributed by atoms with van der Waals surface area (Å²) in [6.07, 6.45) is 14.8. The Bertz CT molecular complexity index is 432. The summed E-state index contributed by atoms with van der Waals surface area (Å²) in [6.45, 7) is 2.18. The lowest BCUT2D eigenvalue weighted by Crippen LogP contribution is -2.25. The van der Waals surface area contributed by atoms with E-state index < -0.39 is 12.2 Å². The number of unbranched alkanes of at least 4 members (excludes halogenated alkanes) is 4. The maximum absolute atomic E-state index is 11.0. The Morgan fingerprint density at radius 2 is 1.92 bits per heavy atom. The molecular weight excluding hydrogens is 332 g/mol. The SMILES string of the molecule is CCCCC/C=C\CC(O)[C@@H]1CC(O)[C@H](C/C=C\CCCC(=O)OC)O1. The van der Waals surface area contributed by atoms with Gasteiger partial charge in [0.05, 0.1) is 31.5 Å². The minimum Gasteiger partial charge on any atom is -0.469 e. The quantitative estimate of drug-likeness (QED) is 0.295. The number of ether oxygens (including phenoxy) is 2. The summed E-state index contributed by atoms with van der Waals surface area (Å²) in [5.41, 5.74) is 0. The fourth-order valence-corrected chi connectivity index (χ4v) is 3.05. The number of aliphatic hydroxyl groups excluding tert-OH is 2. The van der Waals surface area contributed by atoms with Crippen LogP contribution in [0.1, 0.15) is 71.1 Å². The van der Waals surface area contributed by atoms with Crippen molar-refractivity contribution in [3.05, 3.63) is 24.3 Å². The van der Waals surface area contributed by atoms with Crippen molar-refractivity contribution in [1.82, 2.24) is 0 Å². The van der Waals surface area contributed by atoms with Gasteiger partial charge in [-0.1, -0.05) is 44.1 Å². The predicted octanol–water partition coefficient (Wildman–Crippen LogP) is 3.68. The van der Waals surface area contributed by atoms with Crippen molar-refractivity contribution in [3.8, 4) is 0 Å². The smallest absolute Gasteiger partial charge is 0.305 e. The molecule has 1 aliphatic heterocycles. The van der Waals surface area contributed by atoms with Gasteiger partial charge in [0.1, 0.15) is 0 Å². The maximum atomic E-state index is 11.0. The highest BCUT2D eigenvalue weighted by atomic mass is 16.5. The fraction of sp³-hybridized carbons (Fsp3) is 0.762. The number of allylic oxidation sites excluding steroid dienone is 2. The van der Waals surface area contributed by atoms with Crippen molar-refractivity contribution in [1.29, 1.82) is 0 Å². The molecule has 2 unspecified atom stereocenters. The van der Waals surface area contributed by atoms with E-state index in [2.05, 4.69) is 17.7 Å². The molecule has 4 atom stereocenters. The van der Waals surface area contributed by atoms with Crippen LogP contribution in [0.5, 0.6) is 0 Å². The Kier molecular flexibility index (Phi) is 12.3. The Morgan fingerprint density at radius 3 is 2.65 bits per heavy atom. The Morgan fingerprint density at radius 1 is 1.19 bits per heavy atom. The Hall–Kier alpha value is -1.17. The van der Waals surface area contributed by atoms with Gasteiger partial charge in [-0.15, -0.1) is 0 Å². The normalized spacial score (nSPS) is 24.5. The van der Waals surface area contributed by atoms with Gasteiger partial charge in [-0.2, -0.15) is 0 Å². The van der Waals surface area contributed by atoms with Crippen molar-refractivity contribution in [2.24, 2.45) is 0 Å². The highest BCUT2D eigenvalue weighted by Crippen LogP contribution is 2.26. The molecule has 150 valence electrons. The number of hydrogen-bond acceptors (Lipinski definition) is 5. The molecule has 0 aromatic rings. The number of aliphatic hydroxyl groups is 2. The molecule has 0 aliphatic carbocycles. The van der Waals surface area contributed by atoms with Crippen LogP contribution >= 0.6 is 0 Å². The lowest BCUT2D eigenvalue weighted by atomic mass is 10.0. The standard InChI is InChI=1S/C21H36O5/c1-3-4-5-6-7-10-13-17(22)20-16-18(23)19(26-20)14-11-8-9-12-15-21(24)25-2/h7-8,10-11,17-20,22-23H,3-6,9,12-16H2,1-2H3/b10-7-,11-8-/t17?,18?,19-,20-/m0/s1. The first-order valence-corrected chi connectivity index (χ1v) is 9.96. The summed E-state index contributed by atoms with van der Waals surface area (Å²) in [5.74, 6) is -0.191. The molecule has 1 fully saturated rings. The molecular formula is C21H36O5. The molecule has 0 amide bonds. The van der Waals surface area contributed by atoms with Gasteiger partial charge in [-0.25, -0.2) is 0 Å². The molecule has 0 aromatic heterocycles. The van der Waals surface area contributed by atoms with E-state index in [0.717, 1.165) is 19.3 Å². The van der Waals surface area contributed by atoms with Crippen LogP contribution in [0.2, 0.25) is 0 Å². The molecule has 0 radical (unpaired) electrons. The second kappa shape index (κ2) is 14.0. The number of hydrogen-bond donors (Lipinski definition) is 2.